The number of amides is 1. The third-order valence-electron chi connectivity index (χ3n) is 3.23. The van der Waals surface area contributed by atoms with E-state index in [2.05, 4.69) is 23.7 Å². The molecule has 0 rings (SSSR count). The number of nitrogens with one attached hydrogen (secondary N) is 1. The van der Waals surface area contributed by atoms with Gasteiger partial charge in [0.2, 0.25) is 5.91 Å². The fourth-order valence-electron chi connectivity index (χ4n) is 1.59. The second kappa shape index (κ2) is 8.57. The second-order valence-electron chi connectivity index (χ2n) is 4.97. The molecule has 0 aromatic heterocycles. The molecule has 4 atom stereocenters. The highest BCUT2D eigenvalue weighted by molar-refractivity contribution is 7.85. The summed E-state index contributed by atoms with van der Waals surface area (Å²) >= 11 is 4.03. The molecule has 1 amide bonds. The molecule has 0 aliphatic carbocycles. The van der Waals surface area contributed by atoms with E-state index in [1.54, 1.807) is 13.8 Å². The Morgan fingerprint density at radius 2 is 1.95 bits per heavy atom. The molecule has 0 fully saturated rings. The number of hydrogen-bond acceptors (Lipinski definition) is 6. The third kappa shape index (κ3) is 7.65. The molecule has 0 aromatic rings. The fourth-order valence-corrected chi connectivity index (χ4v) is 2.40. The first-order valence-electron chi connectivity index (χ1n) is 6.47. The van der Waals surface area contributed by atoms with E-state index < -0.39 is 45.1 Å². The molecule has 0 saturated carbocycles. The number of carbonyl (C=O) groups is 2. The Morgan fingerprint density at radius 3 is 2.33 bits per heavy atom. The smallest absolute Gasteiger partial charge is 0.326 e. The molecule has 0 bridgehead atoms. The van der Waals surface area contributed by atoms with E-state index in [1.807, 2.05) is 0 Å². The molecule has 0 spiro atoms. The zero-order chi connectivity index (χ0) is 16.8. The third-order valence-corrected chi connectivity index (χ3v) is 4.62. The second-order valence-corrected chi connectivity index (χ2v) is 7.05. The van der Waals surface area contributed by atoms with Gasteiger partial charge in [0.25, 0.3) is 0 Å². The SMILES string of the molecule is CC[C@@H](C)[C@H](NC(=O)[C@@H](S)[C@H]([NH3+])CCS(=O)(=O)[O-])C(=O)O. The van der Waals surface area contributed by atoms with Crippen LogP contribution in [0.5, 0.6) is 0 Å². The van der Waals surface area contributed by atoms with Gasteiger partial charge in [-0.3, -0.25) is 4.79 Å². The van der Waals surface area contributed by atoms with Crippen molar-refractivity contribution < 1.29 is 33.4 Å². The number of hydrogen-bond donors (Lipinski definition) is 4. The van der Waals surface area contributed by atoms with Crippen LogP contribution in [0.3, 0.4) is 0 Å². The first-order chi connectivity index (χ1) is 9.49. The van der Waals surface area contributed by atoms with Gasteiger partial charge in [0.15, 0.2) is 0 Å². The van der Waals surface area contributed by atoms with E-state index in [9.17, 15) is 22.6 Å². The van der Waals surface area contributed by atoms with Crippen LogP contribution >= 0.6 is 12.6 Å². The van der Waals surface area contributed by atoms with Crippen molar-refractivity contribution >= 4 is 34.6 Å². The summed E-state index contributed by atoms with van der Waals surface area (Å²) in [6.45, 7) is 3.49. The Balaban J connectivity index is 4.65. The van der Waals surface area contributed by atoms with Crippen LogP contribution in [0.2, 0.25) is 0 Å². The summed E-state index contributed by atoms with van der Waals surface area (Å²) in [5.41, 5.74) is 3.59. The molecule has 0 saturated heterocycles. The first kappa shape index (κ1) is 20.2. The van der Waals surface area contributed by atoms with Gasteiger partial charge in [-0.25, -0.2) is 13.2 Å². The van der Waals surface area contributed by atoms with E-state index in [0.29, 0.717) is 6.42 Å². The summed E-state index contributed by atoms with van der Waals surface area (Å²) in [4.78, 5) is 23.0. The topological polar surface area (TPSA) is 151 Å². The molecule has 0 aliphatic heterocycles. The van der Waals surface area contributed by atoms with Gasteiger partial charge in [0, 0.05) is 12.2 Å². The summed E-state index contributed by atoms with van der Waals surface area (Å²) < 4.78 is 31.6. The van der Waals surface area contributed by atoms with Crippen LogP contribution in [0.25, 0.3) is 0 Å². The van der Waals surface area contributed by atoms with Crippen LogP contribution in [0, 0.1) is 5.92 Å². The van der Waals surface area contributed by atoms with Gasteiger partial charge in [-0.15, -0.1) is 0 Å². The molecule has 5 N–H and O–H groups in total. The number of aliphatic carboxylic acids is 1. The Bertz CT molecular complexity index is 467. The number of carboxylic acid groups (broad SMARTS) is 1. The standard InChI is InChI=1S/C11H22N2O6S2/c1-3-6(2)8(11(15)16)13-10(14)9(20)7(12)4-5-21(17,18)19/h6-9,20H,3-5,12H2,1-2H3,(H,13,14)(H,15,16)(H,17,18,19)/t6-,7-,8+,9+/m1/s1. The number of rotatable bonds is 9. The Hall–Kier alpha value is -0.840. The van der Waals surface area contributed by atoms with Crippen LogP contribution in [0.1, 0.15) is 26.7 Å². The minimum atomic E-state index is -4.38. The average Bonchev–Trinajstić information content (AvgIpc) is 2.38. The lowest BCUT2D eigenvalue weighted by Gasteiger charge is -2.23. The summed E-state index contributed by atoms with van der Waals surface area (Å²) in [6, 6.07) is -1.77. The van der Waals surface area contributed by atoms with Crippen LogP contribution in [-0.2, 0) is 19.7 Å². The molecule has 8 nitrogen and oxygen atoms in total. The lowest BCUT2D eigenvalue weighted by atomic mass is 9.99. The van der Waals surface area contributed by atoms with Crippen molar-refractivity contribution in [1.29, 1.82) is 0 Å². The predicted molar refractivity (Wildman–Crippen MR) is 77.7 cm³/mol. The van der Waals surface area contributed by atoms with Crippen molar-refractivity contribution in [2.24, 2.45) is 5.92 Å². The molecule has 0 aliphatic rings. The summed E-state index contributed by atoms with van der Waals surface area (Å²) in [5.74, 6) is -2.70. The Kier molecular flexibility index (Phi) is 8.22. The van der Waals surface area contributed by atoms with Crippen LogP contribution < -0.4 is 11.1 Å². The van der Waals surface area contributed by atoms with Gasteiger partial charge in [0.05, 0.1) is 10.1 Å². The number of carbonyl (C=O) groups excluding carboxylic acids is 1. The monoisotopic (exact) mass is 342 g/mol. The molecule has 0 heterocycles. The van der Waals surface area contributed by atoms with Gasteiger partial charge in [-0.1, -0.05) is 20.3 Å². The predicted octanol–water partition coefficient (Wildman–Crippen LogP) is -1.55. The van der Waals surface area contributed by atoms with Gasteiger partial charge < -0.3 is 20.7 Å². The molecular formula is C11H22N2O6S2. The molecular weight excluding hydrogens is 320 g/mol. The highest BCUT2D eigenvalue weighted by atomic mass is 32.2. The molecule has 0 radical (unpaired) electrons. The Labute approximate surface area is 129 Å². The highest BCUT2D eigenvalue weighted by Crippen LogP contribution is 2.10. The van der Waals surface area contributed by atoms with Crippen molar-refractivity contribution in [3.05, 3.63) is 0 Å². The Morgan fingerprint density at radius 1 is 1.43 bits per heavy atom. The average molecular weight is 342 g/mol. The molecule has 124 valence electrons. The fraction of sp³-hybridized carbons (Fsp3) is 0.818. The molecule has 0 aromatic carbocycles. The van der Waals surface area contributed by atoms with Crippen molar-refractivity contribution in [2.75, 3.05) is 5.75 Å². The van der Waals surface area contributed by atoms with E-state index >= 15 is 0 Å². The van der Waals surface area contributed by atoms with Gasteiger partial charge >= 0.3 is 5.97 Å². The van der Waals surface area contributed by atoms with Crippen LogP contribution in [-0.4, -0.2) is 53.0 Å². The molecule has 10 heteroatoms. The van der Waals surface area contributed by atoms with Crippen molar-refractivity contribution in [1.82, 2.24) is 5.32 Å². The van der Waals surface area contributed by atoms with E-state index in [-0.39, 0.29) is 12.3 Å². The lowest BCUT2D eigenvalue weighted by molar-refractivity contribution is -0.416. The zero-order valence-corrected chi connectivity index (χ0v) is 13.7. The largest absolute Gasteiger partial charge is 0.748 e. The maximum Gasteiger partial charge on any atom is 0.326 e. The number of carboxylic acids is 1. The molecule has 0 unspecified atom stereocenters. The minimum Gasteiger partial charge on any atom is -0.748 e. The lowest BCUT2D eigenvalue weighted by Crippen LogP contribution is -2.68. The summed E-state index contributed by atoms with van der Waals surface area (Å²) in [6.07, 6.45) is 0.450. The maximum atomic E-state index is 11.9. The van der Waals surface area contributed by atoms with E-state index in [1.165, 1.54) is 0 Å². The zero-order valence-electron chi connectivity index (χ0n) is 12.0. The maximum absolute atomic E-state index is 11.9. The first-order valence-corrected chi connectivity index (χ1v) is 8.56. The highest BCUT2D eigenvalue weighted by Gasteiger charge is 2.31. The van der Waals surface area contributed by atoms with Gasteiger partial charge in [-0.05, 0) is 5.92 Å². The molecule has 21 heavy (non-hydrogen) atoms. The quantitative estimate of drug-likeness (QED) is 0.294. The number of thiol groups is 1. The van der Waals surface area contributed by atoms with Crippen molar-refractivity contribution in [3.63, 3.8) is 0 Å². The van der Waals surface area contributed by atoms with Crippen molar-refractivity contribution in [3.8, 4) is 0 Å². The normalized spacial score (nSPS) is 17.6. The number of quaternary nitrogens is 1. The summed E-state index contributed by atoms with van der Waals surface area (Å²) in [5, 5.41) is 10.5. The summed E-state index contributed by atoms with van der Waals surface area (Å²) in [7, 11) is -4.38. The van der Waals surface area contributed by atoms with Gasteiger partial charge in [0.1, 0.15) is 17.3 Å². The van der Waals surface area contributed by atoms with Crippen LogP contribution in [0.4, 0.5) is 0 Å². The van der Waals surface area contributed by atoms with Crippen molar-refractivity contribution in [2.45, 2.75) is 44.0 Å². The minimum absolute atomic E-state index is 0.117. The van der Waals surface area contributed by atoms with Crippen LogP contribution in [0.15, 0.2) is 0 Å². The van der Waals surface area contributed by atoms with E-state index in [4.69, 9.17) is 5.11 Å². The van der Waals surface area contributed by atoms with E-state index in [0.717, 1.165) is 0 Å². The van der Waals surface area contributed by atoms with Gasteiger partial charge in [-0.2, -0.15) is 12.6 Å².